The number of aromatic amines is 1. The standard InChI is InChI=1S/C12H14FN3O3S/c1-16(8-9-6-14-15-7-9)20(17,18)10-3-4-12(19-2)11(13)5-10/h3-7H,8H2,1-2H3,(H,14,15). The molecular formula is C12H14FN3O3S. The van der Waals surface area contributed by atoms with Gasteiger partial charge in [-0.2, -0.15) is 9.40 Å². The van der Waals surface area contributed by atoms with Crippen molar-refractivity contribution in [3.05, 3.63) is 42.0 Å². The normalized spacial score (nSPS) is 11.8. The number of methoxy groups -OCH3 is 1. The Balaban J connectivity index is 2.27. The lowest BCUT2D eigenvalue weighted by molar-refractivity contribution is 0.385. The highest BCUT2D eigenvalue weighted by atomic mass is 32.2. The summed E-state index contributed by atoms with van der Waals surface area (Å²) in [4.78, 5) is -0.123. The second kappa shape index (κ2) is 5.59. The van der Waals surface area contributed by atoms with Crippen LogP contribution in [0.2, 0.25) is 0 Å². The first kappa shape index (κ1) is 14.5. The average Bonchev–Trinajstić information content (AvgIpc) is 2.91. The molecule has 20 heavy (non-hydrogen) atoms. The molecule has 0 bridgehead atoms. The molecule has 0 spiro atoms. The number of aromatic nitrogens is 2. The monoisotopic (exact) mass is 299 g/mol. The number of sulfonamides is 1. The number of halogens is 1. The summed E-state index contributed by atoms with van der Waals surface area (Å²) in [5.74, 6) is -0.716. The molecule has 0 atom stereocenters. The quantitative estimate of drug-likeness (QED) is 0.905. The summed E-state index contributed by atoms with van der Waals surface area (Å²) >= 11 is 0. The molecule has 1 aromatic heterocycles. The third-order valence-electron chi connectivity index (χ3n) is 2.79. The van der Waals surface area contributed by atoms with Gasteiger partial charge in [-0.15, -0.1) is 0 Å². The van der Waals surface area contributed by atoms with Crippen LogP contribution < -0.4 is 4.74 Å². The highest BCUT2D eigenvalue weighted by Crippen LogP contribution is 2.23. The highest BCUT2D eigenvalue weighted by Gasteiger charge is 2.22. The minimum absolute atomic E-state index is 0.00133. The maximum absolute atomic E-state index is 13.6. The molecule has 0 amide bonds. The van der Waals surface area contributed by atoms with E-state index in [0.717, 1.165) is 10.4 Å². The molecular weight excluding hydrogens is 285 g/mol. The van der Waals surface area contributed by atoms with Gasteiger partial charge in [-0.25, -0.2) is 12.8 Å². The van der Waals surface area contributed by atoms with Crippen LogP contribution >= 0.6 is 0 Å². The summed E-state index contributed by atoms with van der Waals surface area (Å²) in [5, 5.41) is 6.35. The van der Waals surface area contributed by atoms with Crippen LogP contribution in [0.3, 0.4) is 0 Å². The lowest BCUT2D eigenvalue weighted by Gasteiger charge is -2.16. The van der Waals surface area contributed by atoms with Crippen molar-refractivity contribution in [2.24, 2.45) is 0 Å². The van der Waals surface area contributed by atoms with Crippen LogP contribution in [0, 0.1) is 5.82 Å². The number of benzene rings is 1. The Bertz CT molecular complexity index is 686. The van der Waals surface area contributed by atoms with Gasteiger partial charge in [-0.1, -0.05) is 0 Å². The van der Waals surface area contributed by atoms with Crippen molar-refractivity contribution in [1.29, 1.82) is 0 Å². The predicted molar refractivity (Wildman–Crippen MR) is 70.2 cm³/mol. The number of hydrogen-bond donors (Lipinski definition) is 1. The highest BCUT2D eigenvalue weighted by molar-refractivity contribution is 7.89. The van der Waals surface area contributed by atoms with E-state index >= 15 is 0 Å². The topological polar surface area (TPSA) is 75.3 Å². The van der Waals surface area contributed by atoms with Crippen LogP contribution in [0.5, 0.6) is 5.75 Å². The molecule has 2 rings (SSSR count). The first-order valence-electron chi connectivity index (χ1n) is 5.72. The van der Waals surface area contributed by atoms with E-state index in [-0.39, 0.29) is 17.2 Å². The van der Waals surface area contributed by atoms with Gasteiger partial charge in [-0.05, 0) is 18.2 Å². The third-order valence-corrected chi connectivity index (χ3v) is 4.59. The molecule has 0 aliphatic carbocycles. The van der Waals surface area contributed by atoms with Crippen molar-refractivity contribution < 1.29 is 17.5 Å². The van der Waals surface area contributed by atoms with Gasteiger partial charge in [0.25, 0.3) is 0 Å². The Hall–Kier alpha value is -1.93. The summed E-state index contributed by atoms with van der Waals surface area (Å²) in [5.41, 5.74) is 0.713. The SMILES string of the molecule is COc1ccc(S(=O)(=O)N(C)Cc2cn[nH]c2)cc1F. The lowest BCUT2D eigenvalue weighted by atomic mass is 10.3. The van der Waals surface area contributed by atoms with Gasteiger partial charge in [0.2, 0.25) is 10.0 Å². The van der Waals surface area contributed by atoms with Crippen molar-refractivity contribution in [2.45, 2.75) is 11.4 Å². The van der Waals surface area contributed by atoms with Crippen LogP contribution in [-0.2, 0) is 16.6 Å². The molecule has 0 saturated heterocycles. The molecule has 8 heteroatoms. The van der Waals surface area contributed by atoms with Crippen molar-refractivity contribution in [3.63, 3.8) is 0 Å². The fraction of sp³-hybridized carbons (Fsp3) is 0.250. The van der Waals surface area contributed by atoms with Crippen LogP contribution in [0.25, 0.3) is 0 Å². The van der Waals surface area contributed by atoms with E-state index in [2.05, 4.69) is 10.2 Å². The van der Waals surface area contributed by atoms with Crippen molar-refractivity contribution >= 4 is 10.0 Å². The van der Waals surface area contributed by atoms with E-state index in [1.54, 1.807) is 6.20 Å². The number of nitrogens with zero attached hydrogens (tertiary/aromatic N) is 2. The Labute approximate surface area is 116 Å². The van der Waals surface area contributed by atoms with Crippen molar-refractivity contribution in [1.82, 2.24) is 14.5 Å². The minimum atomic E-state index is -3.77. The molecule has 2 aromatic rings. The molecule has 0 aliphatic rings. The molecule has 0 radical (unpaired) electrons. The van der Waals surface area contributed by atoms with Gasteiger partial charge < -0.3 is 4.74 Å². The molecule has 0 saturated carbocycles. The fourth-order valence-electron chi connectivity index (χ4n) is 1.69. The molecule has 6 nitrogen and oxygen atoms in total. The van der Waals surface area contributed by atoms with E-state index in [4.69, 9.17) is 4.74 Å². The van der Waals surface area contributed by atoms with Crippen molar-refractivity contribution in [2.75, 3.05) is 14.2 Å². The summed E-state index contributed by atoms with van der Waals surface area (Å²) in [6, 6.07) is 3.54. The zero-order valence-electron chi connectivity index (χ0n) is 11.0. The Morgan fingerprint density at radius 2 is 2.20 bits per heavy atom. The summed E-state index contributed by atoms with van der Waals surface area (Å²) < 4.78 is 44.1. The molecule has 0 unspecified atom stereocenters. The summed E-state index contributed by atoms with van der Waals surface area (Å²) in [7, 11) is -1.03. The van der Waals surface area contributed by atoms with Gasteiger partial charge in [0.1, 0.15) is 0 Å². The van der Waals surface area contributed by atoms with Gasteiger partial charge in [0.05, 0.1) is 18.2 Å². The van der Waals surface area contributed by atoms with E-state index in [0.29, 0.717) is 5.56 Å². The summed E-state index contributed by atoms with van der Waals surface area (Å²) in [6.07, 6.45) is 3.13. The second-order valence-corrected chi connectivity index (χ2v) is 6.21. The molecule has 1 N–H and O–H groups in total. The minimum Gasteiger partial charge on any atom is -0.494 e. The zero-order valence-corrected chi connectivity index (χ0v) is 11.8. The summed E-state index contributed by atoms with van der Waals surface area (Å²) in [6.45, 7) is 0.145. The van der Waals surface area contributed by atoms with Gasteiger partial charge in [-0.3, -0.25) is 5.10 Å². The largest absolute Gasteiger partial charge is 0.494 e. The number of H-pyrrole nitrogens is 1. The van der Waals surface area contributed by atoms with Gasteiger partial charge in [0, 0.05) is 25.4 Å². The molecule has 1 aromatic carbocycles. The van der Waals surface area contributed by atoms with E-state index in [1.165, 1.54) is 32.5 Å². The van der Waals surface area contributed by atoms with Crippen LogP contribution in [0.15, 0.2) is 35.5 Å². The first-order valence-corrected chi connectivity index (χ1v) is 7.16. The second-order valence-electron chi connectivity index (χ2n) is 4.16. The van der Waals surface area contributed by atoms with Gasteiger partial charge in [0.15, 0.2) is 11.6 Å². The Kier molecular flexibility index (Phi) is 4.05. The molecule has 108 valence electrons. The predicted octanol–water partition coefficient (Wildman–Crippen LogP) is 1.38. The van der Waals surface area contributed by atoms with Gasteiger partial charge >= 0.3 is 0 Å². The fourth-order valence-corrected chi connectivity index (χ4v) is 2.87. The Morgan fingerprint density at radius 3 is 2.75 bits per heavy atom. The number of hydrogen-bond acceptors (Lipinski definition) is 4. The molecule has 0 aliphatic heterocycles. The van der Waals surface area contributed by atoms with Crippen molar-refractivity contribution in [3.8, 4) is 5.75 Å². The maximum Gasteiger partial charge on any atom is 0.243 e. The molecule has 1 heterocycles. The van der Waals surface area contributed by atoms with Crippen LogP contribution in [0.1, 0.15) is 5.56 Å². The van der Waals surface area contributed by atoms with Crippen LogP contribution in [-0.4, -0.2) is 37.1 Å². The van der Waals surface area contributed by atoms with E-state index < -0.39 is 15.8 Å². The maximum atomic E-state index is 13.6. The van der Waals surface area contributed by atoms with E-state index in [1.807, 2.05) is 0 Å². The van der Waals surface area contributed by atoms with E-state index in [9.17, 15) is 12.8 Å². The lowest BCUT2D eigenvalue weighted by Crippen LogP contribution is -2.26. The number of rotatable bonds is 5. The number of nitrogens with one attached hydrogen (secondary N) is 1. The number of ether oxygens (including phenoxy) is 1. The molecule has 0 fully saturated rings. The smallest absolute Gasteiger partial charge is 0.243 e. The average molecular weight is 299 g/mol. The van der Waals surface area contributed by atoms with Crippen LogP contribution in [0.4, 0.5) is 4.39 Å². The first-order chi connectivity index (χ1) is 9.45. The third kappa shape index (κ3) is 2.81. The zero-order chi connectivity index (χ0) is 14.8. The Morgan fingerprint density at radius 1 is 1.45 bits per heavy atom.